The number of fused-ring (bicyclic) bond motifs is 4. The van der Waals surface area contributed by atoms with Gasteiger partial charge >= 0.3 is 0 Å². The Bertz CT molecular complexity index is 814. The number of hydrogen-bond donors (Lipinski definition) is 1. The Kier molecular flexibility index (Phi) is 4.02. The molecule has 0 atom stereocenters. The first kappa shape index (κ1) is 16.3. The van der Waals surface area contributed by atoms with Crippen LogP contribution in [-0.4, -0.2) is 48.7 Å². The summed E-state index contributed by atoms with van der Waals surface area (Å²) in [4.78, 5) is 18.5. The lowest BCUT2D eigenvalue weighted by molar-refractivity contribution is -0.147. The van der Waals surface area contributed by atoms with Crippen LogP contribution in [0.5, 0.6) is 0 Å². The molecule has 0 bridgehead atoms. The minimum atomic E-state index is -0.251. The average molecular weight is 354 g/mol. The first-order valence-corrected chi connectivity index (χ1v) is 9.87. The summed E-state index contributed by atoms with van der Waals surface area (Å²) >= 11 is 0. The molecule has 3 aliphatic heterocycles. The van der Waals surface area contributed by atoms with E-state index in [0.717, 1.165) is 65.0 Å². The fraction of sp³-hybridized carbons (Fsp3) is 0.571. The number of ether oxygens (including phenoxy) is 2. The molecule has 5 rings (SSSR count). The van der Waals surface area contributed by atoms with Gasteiger partial charge in [-0.1, -0.05) is 18.2 Å². The minimum absolute atomic E-state index is 0.147. The molecule has 0 aliphatic carbocycles. The normalized spacial score (nSPS) is 23.3. The Balaban J connectivity index is 1.37. The fourth-order valence-electron chi connectivity index (χ4n) is 4.95. The molecule has 1 amide bonds. The molecule has 138 valence electrons. The predicted octanol–water partition coefficient (Wildman–Crippen LogP) is 2.98. The van der Waals surface area contributed by atoms with E-state index in [-0.39, 0.29) is 11.5 Å². The smallest absolute Gasteiger partial charge is 0.225 e. The predicted molar refractivity (Wildman–Crippen MR) is 99.0 cm³/mol. The van der Waals surface area contributed by atoms with E-state index in [1.165, 1.54) is 22.2 Å². The second-order valence-corrected chi connectivity index (χ2v) is 7.83. The van der Waals surface area contributed by atoms with Gasteiger partial charge in [0.15, 0.2) is 0 Å². The van der Waals surface area contributed by atoms with Gasteiger partial charge < -0.3 is 19.4 Å². The van der Waals surface area contributed by atoms with E-state index in [2.05, 4.69) is 34.1 Å². The maximum atomic E-state index is 12.8. The van der Waals surface area contributed by atoms with Gasteiger partial charge in [0, 0.05) is 43.1 Å². The number of para-hydroxylation sites is 1. The standard InChI is InChI=1S/C21H26N2O3/c24-20(15-5-12-25-13-6-15)23-10-8-21(9-11-23)19-17(7-14-26-21)16-3-1-2-4-18(16)22-19/h1-4,15,22H,5-14H2. The lowest BCUT2D eigenvalue weighted by Crippen LogP contribution is -2.50. The molecular weight excluding hydrogens is 328 g/mol. The fourth-order valence-corrected chi connectivity index (χ4v) is 4.95. The summed E-state index contributed by atoms with van der Waals surface area (Å²) in [6.07, 6.45) is 4.45. The van der Waals surface area contributed by atoms with E-state index < -0.39 is 0 Å². The van der Waals surface area contributed by atoms with Crippen molar-refractivity contribution in [2.45, 2.75) is 37.7 Å². The van der Waals surface area contributed by atoms with Crippen molar-refractivity contribution in [3.05, 3.63) is 35.5 Å². The number of H-pyrrole nitrogens is 1. The number of piperidine rings is 1. The first-order chi connectivity index (χ1) is 12.8. The van der Waals surface area contributed by atoms with Crippen LogP contribution in [0.25, 0.3) is 10.9 Å². The molecule has 0 saturated carbocycles. The first-order valence-electron chi connectivity index (χ1n) is 9.87. The molecule has 2 saturated heterocycles. The van der Waals surface area contributed by atoms with Gasteiger partial charge in [-0.05, 0) is 43.7 Å². The van der Waals surface area contributed by atoms with Crippen LogP contribution < -0.4 is 0 Å². The molecule has 0 unspecified atom stereocenters. The van der Waals surface area contributed by atoms with Crippen molar-refractivity contribution in [1.29, 1.82) is 0 Å². The Morgan fingerprint density at radius 1 is 1.12 bits per heavy atom. The number of carbonyl (C=O) groups is 1. The second kappa shape index (κ2) is 6.39. The van der Waals surface area contributed by atoms with Crippen LogP contribution in [0, 0.1) is 5.92 Å². The van der Waals surface area contributed by atoms with Gasteiger partial charge in [-0.2, -0.15) is 0 Å². The average Bonchev–Trinajstić information content (AvgIpc) is 3.09. The molecule has 4 heterocycles. The Morgan fingerprint density at radius 3 is 2.69 bits per heavy atom. The summed E-state index contributed by atoms with van der Waals surface area (Å²) in [6.45, 7) is 3.77. The van der Waals surface area contributed by atoms with Crippen LogP contribution in [0.15, 0.2) is 24.3 Å². The number of rotatable bonds is 1. The van der Waals surface area contributed by atoms with Gasteiger partial charge in [-0.3, -0.25) is 4.79 Å². The Morgan fingerprint density at radius 2 is 1.88 bits per heavy atom. The molecular formula is C21H26N2O3. The van der Waals surface area contributed by atoms with E-state index in [9.17, 15) is 4.79 Å². The monoisotopic (exact) mass is 354 g/mol. The number of benzene rings is 1. The van der Waals surface area contributed by atoms with E-state index in [0.29, 0.717) is 5.91 Å². The number of aromatic amines is 1. The third kappa shape index (κ3) is 2.57. The molecule has 26 heavy (non-hydrogen) atoms. The summed E-state index contributed by atoms with van der Waals surface area (Å²) < 4.78 is 11.7. The van der Waals surface area contributed by atoms with Crippen molar-refractivity contribution in [2.24, 2.45) is 5.92 Å². The van der Waals surface area contributed by atoms with Crippen LogP contribution in [0.2, 0.25) is 0 Å². The number of likely N-dealkylation sites (tertiary alicyclic amines) is 1. The summed E-state index contributed by atoms with van der Waals surface area (Å²) in [7, 11) is 0. The summed E-state index contributed by atoms with van der Waals surface area (Å²) in [6, 6.07) is 8.53. The van der Waals surface area contributed by atoms with E-state index in [4.69, 9.17) is 9.47 Å². The van der Waals surface area contributed by atoms with Crippen molar-refractivity contribution < 1.29 is 14.3 Å². The molecule has 1 spiro atoms. The zero-order valence-corrected chi connectivity index (χ0v) is 15.1. The van der Waals surface area contributed by atoms with Crippen molar-refractivity contribution in [2.75, 3.05) is 32.9 Å². The molecule has 0 radical (unpaired) electrons. The molecule has 1 aromatic carbocycles. The Labute approximate surface area is 153 Å². The maximum Gasteiger partial charge on any atom is 0.225 e. The largest absolute Gasteiger partial charge is 0.381 e. The van der Waals surface area contributed by atoms with Gasteiger partial charge in [0.25, 0.3) is 0 Å². The molecule has 2 aromatic rings. The van der Waals surface area contributed by atoms with Gasteiger partial charge in [0.05, 0.1) is 12.3 Å². The number of nitrogens with one attached hydrogen (secondary N) is 1. The lowest BCUT2D eigenvalue weighted by Gasteiger charge is -2.44. The minimum Gasteiger partial charge on any atom is -0.381 e. The number of nitrogens with zero attached hydrogens (tertiary/aromatic N) is 1. The second-order valence-electron chi connectivity index (χ2n) is 7.83. The maximum absolute atomic E-state index is 12.8. The topological polar surface area (TPSA) is 54.6 Å². The van der Waals surface area contributed by atoms with Crippen molar-refractivity contribution >= 4 is 16.8 Å². The highest BCUT2D eigenvalue weighted by Crippen LogP contribution is 2.43. The quantitative estimate of drug-likeness (QED) is 0.857. The van der Waals surface area contributed by atoms with Gasteiger partial charge in [-0.15, -0.1) is 0 Å². The highest BCUT2D eigenvalue weighted by molar-refractivity contribution is 5.85. The Hall–Kier alpha value is -1.85. The van der Waals surface area contributed by atoms with Crippen LogP contribution in [0.3, 0.4) is 0 Å². The van der Waals surface area contributed by atoms with Crippen molar-refractivity contribution in [3.63, 3.8) is 0 Å². The molecule has 2 fully saturated rings. The summed E-state index contributed by atoms with van der Waals surface area (Å²) in [5, 5.41) is 1.32. The molecule has 5 heteroatoms. The van der Waals surface area contributed by atoms with Gasteiger partial charge in [-0.25, -0.2) is 0 Å². The van der Waals surface area contributed by atoms with Crippen LogP contribution >= 0.6 is 0 Å². The highest BCUT2D eigenvalue weighted by atomic mass is 16.5. The number of aromatic nitrogens is 1. The molecule has 1 aromatic heterocycles. The molecule has 3 aliphatic rings. The van der Waals surface area contributed by atoms with Crippen molar-refractivity contribution in [1.82, 2.24) is 9.88 Å². The molecule has 5 nitrogen and oxygen atoms in total. The van der Waals surface area contributed by atoms with Gasteiger partial charge in [0.1, 0.15) is 5.60 Å². The van der Waals surface area contributed by atoms with Crippen LogP contribution in [-0.2, 0) is 26.3 Å². The third-order valence-electron chi connectivity index (χ3n) is 6.45. The number of hydrogen-bond acceptors (Lipinski definition) is 3. The highest BCUT2D eigenvalue weighted by Gasteiger charge is 2.44. The SMILES string of the molecule is O=C(C1CCOCC1)N1CCC2(CC1)OCCc1c2[nH]c2ccccc12. The van der Waals surface area contributed by atoms with E-state index in [1.807, 2.05) is 0 Å². The third-order valence-corrected chi connectivity index (χ3v) is 6.45. The zero-order valence-electron chi connectivity index (χ0n) is 15.1. The number of amides is 1. The summed E-state index contributed by atoms with van der Waals surface area (Å²) in [5.41, 5.74) is 3.61. The zero-order chi connectivity index (χ0) is 17.6. The summed E-state index contributed by atoms with van der Waals surface area (Å²) in [5.74, 6) is 0.463. The number of carbonyl (C=O) groups excluding carboxylic acids is 1. The van der Waals surface area contributed by atoms with Crippen LogP contribution in [0.1, 0.15) is 36.9 Å². The van der Waals surface area contributed by atoms with E-state index in [1.54, 1.807) is 0 Å². The lowest BCUT2D eigenvalue weighted by atomic mass is 9.82. The van der Waals surface area contributed by atoms with Crippen LogP contribution in [0.4, 0.5) is 0 Å². The van der Waals surface area contributed by atoms with Gasteiger partial charge in [0.2, 0.25) is 5.91 Å². The van der Waals surface area contributed by atoms with Crippen molar-refractivity contribution in [3.8, 4) is 0 Å². The molecule has 1 N–H and O–H groups in total. The van der Waals surface area contributed by atoms with E-state index >= 15 is 0 Å².